The van der Waals surface area contributed by atoms with E-state index in [0.29, 0.717) is 0 Å². The van der Waals surface area contributed by atoms with Crippen LogP contribution in [-0.2, 0) is 17.6 Å². The first kappa shape index (κ1) is 23.2. The number of carboxylic acids is 1. The average molecular weight is 316 g/mol. The van der Waals surface area contributed by atoms with Crippen LogP contribution in [0.4, 0.5) is 0 Å². The number of rotatable bonds is 2. The van der Waals surface area contributed by atoms with E-state index < -0.39 is 5.97 Å². The van der Waals surface area contributed by atoms with E-state index in [-0.39, 0.29) is 0 Å². The molecule has 2 nitrogen and oxygen atoms in total. The van der Waals surface area contributed by atoms with E-state index in [2.05, 4.69) is 76.2 Å². The van der Waals surface area contributed by atoms with Gasteiger partial charge in [-0.1, -0.05) is 94.8 Å². The third-order valence-electron chi connectivity index (χ3n) is 2.50. The summed E-state index contributed by atoms with van der Waals surface area (Å²) in [6.45, 7) is 9.66. The van der Waals surface area contributed by atoms with E-state index >= 15 is 0 Å². The quantitative estimate of drug-likeness (QED) is 0.737. The predicted molar refractivity (Wildman–Crippen MR) is 101 cm³/mol. The smallest absolute Gasteiger partial charge is 0.300 e. The van der Waals surface area contributed by atoms with Crippen molar-refractivity contribution in [2.24, 2.45) is 0 Å². The maximum absolute atomic E-state index is 9.00. The van der Waals surface area contributed by atoms with Crippen LogP contribution in [0.2, 0.25) is 0 Å². The molecule has 0 heterocycles. The molecular formula is C21H32O2. The van der Waals surface area contributed by atoms with Gasteiger partial charge in [-0.2, -0.15) is 0 Å². The molecule has 23 heavy (non-hydrogen) atoms. The fourth-order valence-electron chi connectivity index (χ4n) is 1.43. The minimum Gasteiger partial charge on any atom is -0.481 e. The lowest BCUT2D eigenvalue weighted by Gasteiger charge is -1.89. The molecule has 0 unspecified atom stereocenters. The van der Waals surface area contributed by atoms with Crippen LogP contribution in [-0.4, -0.2) is 11.1 Å². The Morgan fingerprint density at radius 1 is 0.739 bits per heavy atom. The molecule has 0 spiro atoms. The summed E-state index contributed by atoms with van der Waals surface area (Å²) in [6.07, 6.45) is 3.53. The monoisotopic (exact) mass is 316 g/mol. The fourth-order valence-corrected chi connectivity index (χ4v) is 1.43. The standard InChI is InChI=1S/2C8H10.C3H8.C2H4O2/c2*1-2-8-6-4-3-5-7-8;1-3-2;1-2(3)4/h2*3-7H,2H2,1H3;3H2,1-2H3;1H3,(H,3,4). The maximum Gasteiger partial charge on any atom is 0.300 e. The van der Waals surface area contributed by atoms with E-state index in [1.54, 1.807) is 0 Å². The largest absolute Gasteiger partial charge is 0.481 e. The number of benzene rings is 2. The number of aryl methyl sites for hydroxylation is 2. The molecule has 0 saturated carbocycles. The highest BCUT2D eigenvalue weighted by Crippen LogP contribution is 1.97. The Kier molecular flexibility index (Phi) is 18.1. The highest BCUT2D eigenvalue weighted by molar-refractivity contribution is 5.62. The van der Waals surface area contributed by atoms with Crippen LogP contribution in [0.3, 0.4) is 0 Å². The number of hydrogen-bond acceptors (Lipinski definition) is 1. The minimum absolute atomic E-state index is 0.833. The number of aliphatic carboxylic acids is 1. The first-order chi connectivity index (χ1) is 11.0. The van der Waals surface area contributed by atoms with E-state index in [0.717, 1.165) is 19.8 Å². The van der Waals surface area contributed by atoms with Gasteiger partial charge in [-0.15, -0.1) is 0 Å². The Bertz CT molecular complexity index is 420. The summed E-state index contributed by atoms with van der Waals surface area (Å²) in [5.74, 6) is -0.833. The molecule has 1 N–H and O–H groups in total. The van der Waals surface area contributed by atoms with Crippen molar-refractivity contribution < 1.29 is 9.90 Å². The summed E-state index contributed by atoms with van der Waals surface area (Å²) in [4.78, 5) is 9.00. The van der Waals surface area contributed by atoms with Crippen LogP contribution in [0.1, 0.15) is 52.2 Å². The van der Waals surface area contributed by atoms with Crippen molar-refractivity contribution in [3.05, 3.63) is 71.8 Å². The molecule has 2 heteroatoms. The van der Waals surface area contributed by atoms with Crippen LogP contribution in [0.5, 0.6) is 0 Å². The zero-order chi connectivity index (χ0) is 17.9. The minimum atomic E-state index is -0.833. The van der Waals surface area contributed by atoms with Crippen LogP contribution < -0.4 is 0 Å². The average Bonchev–Trinajstić information content (AvgIpc) is 2.57. The van der Waals surface area contributed by atoms with Crippen LogP contribution in [0.25, 0.3) is 0 Å². The Morgan fingerprint density at radius 2 is 0.957 bits per heavy atom. The molecule has 2 aromatic rings. The highest BCUT2D eigenvalue weighted by atomic mass is 16.4. The second-order valence-corrected chi connectivity index (χ2v) is 4.90. The lowest BCUT2D eigenvalue weighted by atomic mass is 10.2. The van der Waals surface area contributed by atoms with Gasteiger partial charge in [0.25, 0.3) is 5.97 Å². The lowest BCUT2D eigenvalue weighted by molar-refractivity contribution is -0.134. The molecule has 0 aliphatic rings. The van der Waals surface area contributed by atoms with Crippen molar-refractivity contribution in [1.82, 2.24) is 0 Å². The molecule has 0 amide bonds. The molecule has 128 valence electrons. The predicted octanol–water partition coefficient (Wildman–Crippen LogP) is 6.01. The van der Waals surface area contributed by atoms with Gasteiger partial charge < -0.3 is 5.11 Å². The first-order valence-electron chi connectivity index (χ1n) is 8.28. The van der Waals surface area contributed by atoms with Gasteiger partial charge in [-0.3, -0.25) is 4.79 Å². The number of carbonyl (C=O) groups is 1. The second-order valence-electron chi connectivity index (χ2n) is 4.90. The summed E-state index contributed by atoms with van der Waals surface area (Å²) in [5.41, 5.74) is 2.82. The third-order valence-corrected chi connectivity index (χ3v) is 2.50. The van der Waals surface area contributed by atoms with Crippen molar-refractivity contribution >= 4 is 5.97 Å². The third kappa shape index (κ3) is 19.9. The van der Waals surface area contributed by atoms with Gasteiger partial charge >= 0.3 is 0 Å². The molecular weight excluding hydrogens is 284 g/mol. The van der Waals surface area contributed by atoms with Crippen molar-refractivity contribution in [2.45, 2.75) is 53.9 Å². The van der Waals surface area contributed by atoms with Crippen LogP contribution >= 0.6 is 0 Å². The Morgan fingerprint density at radius 3 is 1.09 bits per heavy atom. The van der Waals surface area contributed by atoms with Gasteiger partial charge in [0.15, 0.2) is 0 Å². The summed E-state index contributed by atoms with van der Waals surface area (Å²) in [6, 6.07) is 20.9. The zero-order valence-corrected chi connectivity index (χ0v) is 15.3. The summed E-state index contributed by atoms with van der Waals surface area (Å²) < 4.78 is 0. The van der Waals surface area contributed by atoms with Gasteiger partial charge in [-0.25, -0.2) is 0 Å². The fraction of sp³-hybridized carbons (Fsp3) is 0.381. The van der Waals surface area contributed by atoms with E-state index in [1.165, 1.54) is 17.5 Å². The first-order valence-corrected chi connectivity index (χ1v) is 8.28. The molecule has 2 aromatic carbocycles. The summed E-state index contributed by atoms with van der Waals surface area (Å²) in [5, 5.41) is 7.42. The number of carboxylic acid groups (broad SMARTS) is 1. The van der Waals surface area contributed by atoms with Crippen molar-refractivity contribution in [1.29, 1.82) is 0 Å². The van der Waals surface area contributed by atoms with Gasteiger partial charge in [-0.05, 0) is 24.0 Å². The molecule has 0 bridgehead atoms. The van der Waals surface area contributed by atoms with Gasteiger partial charge in [0, 0.05) is 6.92 Å². The second kappa shape index (κ2) is 18.0. The van der Waals surface area contributed by atoms with Crippen molar-refractivity contribution in [3.63, 3.8) is 0 Å². The molecule has 0 aliphatic carbocycles. The topological polar surface area (TPSA) is 37.3 Å². The Labute approximate surface area is 142 Å². The molecule has 0 radical (unpaired) electrons. The molecule has 0 saturated heterocycles. The number of hydrogen-bond donors (Lipinski definition) is 1. The van der Waals surface area contributed by atoms with Gasteiger partial charge in [0.1, 0.15) is 0 Å². The molecule has 0 aliphatic heterocycles. The van der Waals surface area contributed by atoms with Crippen molar-refractivity contribution in [2.75, 3.05) is 0 Å². The van der Waals surface area contributed by atoms with Gasteiger partial charge in [0.05, 0.1) is 0 Å². The SMILES string of the molecule is CC(=O)O.CCC.CCc1ccccc1.CCc1ccccc1. The van der Waals surface area contributed by atoms with Crippen molar-refractivity contribution in [3.8, 4) is 0 Å². The summed E-state index contributed by atoms with van der Waals surface area (Å²) >= 11 is 0. The van der Waals surface area contributed by atoms with E-state index in [9.17, 15) is 0 Å². The Balaban J connectivity index is 0. The molecule has 0 aromatic heterocycles. The summed E-state index contributed by atoms with van der Waals surface area (Å²) in [7, 11) is 0. The molecule has 2 rings (SSSR count). The maximum atomic E-state index is 9.00. The van der Waals surface area contributed by atoms with E-state index in [1.807, 2.05) is 12.1 Å². The zero-order valence-electron chi connectivity index (χ0n) is 15.3. The molecule has 0 fully saturated rings. The van der Waals surface area contributed by atoms with Crippen LogP contribution in [0, 0.1) is 0 Å². The van der Waals surface area contributed by atoms with E-state index in [4.69, 9.17) is 9.90 Å². The van der Waals surface area contributed by atoms with Crippen LogP contribution in [0.15, 0.2) is 60.7 Å². The highest BCUT2D eigenvalue weighted by Gasteiger charge is 1.80. The lowest BCUT2D eigenvalue weighted by Crippen LogP contribution is -1.78. The Hall–Kier alpha value is -2.09. The molecule has 0 atom stereocenters. The van der Waals surface area contributed by atoms with Gasteiger partial charge in [0.2, 0.25) is 0 Å². The normalized spacial score (nSPS) is 8.22.